The van der Waals surface area contributed by atoms with Gasteiger partial charge in [-0.15, -0.1) is 0 Å². The van der Waals surface area contributed by atoms with Crippen molar-refractivity contribution in [1.82, 2.24) is 4.98 Å². The van der Waals surface area contributed by atoms with Gasteiger partial charge in [0, 0.05) is 32.4 Å². The Morgan fingerprint density at radius 1 is 1.00 bits per heavy atom. The highest BCUT2D eigenvalue weighted by molar-refractivity contribution is 7.99. The van der Waals surface area contributed by atoms with Crippen LogP contribution in [0, 0.1) is 6.92 Å². The van der Waals surface area contributed by atoms with Crippen LogP contribution in [-0.2, 0) is 5.54 Å². The van der Waals surface area contributed by atoms with Gasteiger partial charge in [-0.2, -0.15) is 0 Å². The summed E-state index contributed by atoms with van der Waals surface area (Å²) in [6, 6.07) is 14.8. The fraction of sp³-hybridized carbons (Fsp3) is 0.222. The average Bonchev–Trinajstić information content (AvgIpc) is 2.83. The lowest BCUT2D eigenvalue weighted by Crippen LogP contribution is -2.29. The van der Waals surface area contributed by atoms with Crippen molar-refractivity contribution in [1.29, 1.82) is 0 Å². The molecule has 3 N–H and O–H groups in total. The van der Waals surface area contributed by atoms with E-state index in [1.807, 2.05) is 19.9 Å². The van der Waals surface area contributed by atoms with E-state index in [1.165, 1.54) is 31.8 Å². The standard InChI is InChI=1S/C18H20N2S/c1-12-7-6-8-13-16(11-20-17(12)13)21-15-10-5-4-9-14(15)18(2,3)19/h4-11,20H,19H2,1-3H3. The molecule has 0 fully saturated rings. The van der Waals surface area contributed by atoms with E-state index < -0.39 is 0 Å². The Balaban J connectivity index is 2.06. The van der Waals surface area contributed by atoms with Gasteiger partial charge in [-0.25, -0.2) is 0 Å². The molecule has 0 saturated carbocycles. The van der Waals surface area contributed by atoms with Crippen LogP contribution in [0.25, 0.3) is 10.9 Å². The summed E-state index contributed by atoms with van der Waals surface area (Å²) < 4.78 is 0. The van der Waals surface area contributed by atoms with E-state index in [-0.39, 0.29) is 5.54 Å². The first-order valence-corrected chi connectivity index (χ1v) is 7.91. The van der Waals surface area contributed by atoms with Crippen LogP contribution in [0.1, 0.15) is 25.0 Å². The first kappa shape index (κ1) is 14.2. The quantitative estimate of drug-likeness (QED) is 0.727. The molecule has 2 nitrogen and oxygen atoms in total. The van der Waals surface area contributed by atoms with Crippen molar-refractivity contribution in [3.63, 3.8) is 0 Å². The van der Waals surface area contributed by atoms with E-state index in [1.54, 1.807) is 11.8 Å². The van der Waals surface area contributed by atoms with Crippen molar-refractivity contribution < 1.29 is 0 Å². The third kappa shape index (κ3) is 2.71. The van der Waals surface area contributed by atoms with E-state index in [9.17, 15) is 0 Å². The molecule has 108 valence electrons. The van der Waals surface area contributed by atoms with E-state index in [4.69, 9.17) is 5.73 Å². The fourth-order valence-corrected chi connectivity index (χ4v) is 3.79. The highest BCUT2D eigenvalue weighted by Gasteiger charge is 2.19. The number of aryl methyl sites for hydroxylation is 1. The normalized spacial score (nSPS) is 12.0. The summed E-state index contributed by atoms with van der Waals surface area (Å²) in [4.78, 5) is 5.84. The SMILES string of the molecule is Cc1cccc2c(Sc3ccccc3C(C)(C)N)c[nH]c12. The lowest BCUT2D eigenvalue weighted by molar-refractivity contribution is 0.543. The third-order valence-corrected chi connectivity index (χ3v) is 4.82. The first-order valence-electron chi connectivity index (χ1n) is 7.10. The number of hydrogen-bond acceptors (Lipinski definition) is 2. The number of hydrogen-bond donors (Lipinski definition) is 2. The summed E-state index contributed by atoms with van der Waals surface area (Å²) in [5.74, 6) is 0. The number of benzene rings is 2. The molecule has 1 heterocycles. The fourth-order valence-electron chi connectivity index (χ4n) is 2.57. The van der Waals surface area contributed by atoms with E-state index in [2.05, 4.69) is 54.5 Å². The second-order valence-corrected chi connectivity index (χ2v) is 7.05. The van der Waals surface area contributed by atoms with Crippen LogP contribution in [0.2, 0.25) is 0 Å². The third-order valence-electron chi connectivity index (χ3n) is 3.69. The van der Waals surface area contributed by atoms with Gasteiger partial charge in [-0.1, -0.05) is 48.2 Å². The van der Waals surface area contributed by atoms with E-state index >= 15 is 0 Å². The van der Waals surface area contributed by atoms with Gasteiger partial charge in [-0.05, 0) is 38.0 Å². The van der Waals surface area contributed by atoms with Crippen LogP contribution in [-0.4, -0.2) is 4.98 Å². The number of rotatable bonds is 3. The van der Waals surface area contributed by atoms with Gasteiger partial charge in [0.25, 0.3) is 0 Å². The number of nitrogens with two attached hydrogens (primary N) is 1. The zero-order valence-corrected chi connectivity index (χ0v) is 13.4. The summed E-state index contributed by atoms with van der Waals surface area (Å²) in [5, 5.41) is 1.27. The maximum Gasteiger partial charge on any atom is 0.0495 e. The topological polar surface area (TPSA) is 41.8 Å². The number of fused-ring (bicyclic) bond motifs is 1. The first-order chi connectivity index (χ1) is 9.97. The summed E-state index contributed by atoms with van der Waals surface area (Å²) in [6.45, 7) is 6.22. The lowest BCUT2D eigenvalue weighted by atomic mass is 9.96. The minimum absolute atomic E-state index is 0.342. The molecule has 0 bridgehead atoms. The second-order valence-electron chi connectivity index (χ2n) is 5.97. The molecule has 0 unspecified atom stereocenters. The molecule has 3 aromatic rings. The molecule has 2 aromatic carbocycles. The Bertz CT molecular complexity index is 781. The van der Waals surface area contributed by atoms with Gasteiger partial charge in [0.2, 0.25) is 0 Å². The largest absolute Gasteiger partial charge is 0.360 e. The van der Waals surface area contributed by atoms with Crippen LogP contribution >= 0.6 is 11.8 Å². The molecule has 21 heavy (non-hydrogen) atoms. The number of para-hydroxylation sites is 1. The van der Waals surface area contributed by atoms with Gasteiger partial charge in [0.05, 0.1) is 0 Å². The average molecular weight is 296 g/mol. The molecule has 3 heteroatoms. The van der Waals surface area contributed by atoms with Crippen molar-refractivity contribution in [3.8, 4) is 0 Å². The molecule has 0 radical (unpaired) electrons. The summed E-state index contributed by atoms with van der Waals surface area (Å²) >= 11 is 1.77. The Kier molecular flexibility index (Phi) is 3.56. The molecule has 0 saturated heterocycles. The van der Waals surface area contributed by atoms with Crippen molar-refractivity contribution in [2.45, 2.75) is 36.1 Å². The van der Waals surface area contributed by atoms with Crippen LogP contribution in [0.15, 0.2) is 58.5 Å². The van der Waals surface area contributed by atoms with Gasteiger partial charge >= 0.3 is 0 Å². The van der Waals surface area contributed by atoms with Gasteiger partial charge in [-0.3, -0.25) is 0 Å². The summed E-state index contributed by atoms with van der Waals surface area (Å²) in [5.41, 5.74) is 9.62. The monoisotopic (exact) mass is 296 g/mol. The molecule has 0 aliphatic carbocycles. The molecule has 0 aliphatic heterocycles. The smallest absolute Gasteiger partial charge is 0.0495 e. The summed E-state index contributed by atoms with van der Waals surface area (Å²) in [7, 11) is 0. The Morgan fingerprint density at radius 2 is 1.76 bits per heavy atom. The van der Waals surface area contributed by atoms with Crippen molar-refractivity contribution in [3.05, 3.63) is 59.8 Å². The van der Waals surface area contributed by atoms with Gasteiger partial charge in [0.1, 0.15) is 0 Å². The molecule has 3 rings (SSSR count). The zero-order chi connectivity index (χ0) is 15.0. The van der Waals surface area contributed by atoms with Crippen LogP contribution in [0.4, 0.5) is 0 Å². The van der Waals surface area contributed by atoms with Crippen LogP contribution in [0.3, 0.4) is 0 Å². The Hall–Kier alpha value is -1.71. The molecule has 1 aromatic heterocycles. The minimum Gasteiger partial charge on any atom is -0.360 e. The van der Waals surface area contributed by atoms with E-state index in [0.717, 1.165) is 0 Å². The Morgan fingerprint density at radius 3 is 2.52 bits per heavy atom. The highest BCUT2D eigenvalue weighted by Crippen LogP contribution is 2.38. The maximum atomic E-state index is 6.30. The van der Waals surface area contributed by atoms with Crippen molar-refractivity contribution in [2.24, 2.45) is 5.73 Å². The van der Waals surface area contributed by atoms with Crippen LogP contribution in [0.5, 0.6) is 0 Å². The number of H-pyrrole nitrogens is 1. The number of aromatic nitrogens is 1. The molecule has 0 atom stereocenters. The van der Waals surface area contributed by atoms with Crippen molar-refractivity contribution >= 4 is 22.7 Å². The molecule has 0 amide bonds. The lowest BCUT2D eigenvalue weighted by Gasteiger charge is -2.22. The zero-order valence-electron chi connectivity index (χ0n) is 12.6. The Labute approximate surface area is 129 Å². The molecule has 0 spiro atoms. The molecular formula is C18H20N2S. The predicted octanol–water partition coefficient (Wildman–Crippen LogP) is 4.82. The van der Waals surface area contributed by atoms with Gasteiger partial charge < -0.3 is 10.7 Å². The predicted molar refractivity (Wildman–Crippen MR) is 90.8 cm³/mol. The second kappa shape index (κ2) is 5.24. The van der Waals surface area contributed by atoms with E-state index in [0.29, 0.717) is 0 Å². The number of aromatic amines is 1. The molecular weight excluding hydrogens is 276 g/mol. The summed E-state index contributed by atoms with van der Waals surface area (Å²) in [6.07, 6.45) is 2.09. The van der Waals surface area contributed by atoms with Gasteiger partial charge in [0.15, 0.2) is 0 Å². The van der Waals surface area contributed by atoms with Crippen molar-refractivity contribution in [2.75, 3.05) is 0 Å². The number of nitrogens with one attached hydrogen (secondary N) is 1. The molecule has 0 aliphatic rings. The van der Waals surface area contributed by atoms with Crippen LogP contribution < -0.4 is 5.73 Å². The minimum atomic E-state index is -0.342. The highest BCUT2D eigenvalue weighted by atomic mass is 32.2. The maximum absolute atomic E-state index is 6.30.